The van der Waals surface area contributed by atoms with Crippen LogP contribution in [0.3, 0.4) is 0 Å². The van der Waals surface area contributed by atoms with E-state index in [9.17, 15) is 0 Å². The Morgan fingerprint density at radius 1 is 1.33 bits per heavy atom. The number of nitrogens with one attached hydrogen (secondary N) is 1. The molecule has 0 bridgehead atoms. The van der Waals surface area contributed by atoms with Crippen LogP contribution >= 0.6 is 15.9 Å². The Morgan fingerprint density at radius 2 is 2.11 bits per heavy atom. The van der Waals surface area contributed by atoms with Crippen molar-refractivity contribution in [3.8, 4) is 0 Å². The zero-order chi connectivity index (χ0) is 12.8. The van der Waals surface area contributed by atoms with E-state index in [0.29, 0.717) is 5.41 Å². The Bertz CT molecular complexity index is 444. The molecule has 2 heterocycles. The van der Waals surface area contributed by atoms with Gasteiger partial charge in [0.2, 0.25) is 0 Å². The second-order valence-corrected chi connectivity index (χ2v) is 7.12. The van der Waals surface area contributed by atoms with Gasteiger partial charge in [-0.3, -0.25) is 0 Å². The van der Waals surface area contributed by atoms with Gasteiger partial charge in [0.05, 0.1) is 5.69 Å². The molecule has 2 aliphatic rings. The van der Waals surface area contributed by atoms with Crippen LogP contribution in [0.2, 0.25) is 0 Å². The number of nitrogens with zero attached hydrogens (tertiary/aromatic N) is 1. The Labute approximate surface area is 118 Å². The number of para-hydroxylation sites is 1. The van der Waals surface area contributed by atoms with Crippen molar-refractivity contribution in [1.82, 2.24) is 5.32 Å². The fraction of sp³-hybridized carbons (Fsp3) is 0.600. The second-order valence-electron chi connectivity index (χ2n) is 6.27. The van der Waals surface area contributed by atoms with E-state index in [1.54, 1.807) is 0 Å². The maximum absolute atomic E-state index is 3.70. The van der Waals surface area contributed by atoms with Crippen LogP contribution in [-0.4, -0.2) is 25.7 Å². The molecule has 2 aliphatic heterocycles. The maximum Gasteiger partial charge on any atom is 0.0510 e. The van der Waals surface area contributed by atoms with Gasteiger partial charge < -0.3 is 10.2 Å². The number of fused-ring (bicyclic) bond motifs is 1. The van der Waals surface area contributed by atoms with E-state index in [2.05, 4.69) is 64.3 Å². The molecule has 3 rings (SSSR count). The highest BCUT2D eigenvalue weighted by Crippen LogP contribution is 2.40. The van der Waals surface area contributed by atoms with Crippen LogP contribution in [0.5, 0.6) is 0 Å². The first-order valence-electron chi connectivity index (χ1n) is 6.81. The minimum absolute atomic E-state index is 0.421. The molecule has 1 N–H and O–H groups in total. The average molecular weight is 309 g/mol. The number of halogens is 1. The number of piperidine rings is 1. The summed E-state index contributed by atoms with van der Waals surface area (Å²) in [7, 11) is 0. The van der Waals surface area contributed by atoms with Crippen molar-refractivity contribution in [2.45, 2.75) is 26.3 Å². The van der Waals surface area contributed by atoms with Gasteiger partial charge in [0.15, 0.2) is 0 Å². The minimum Gasteiger partial charge on any atom is -0.370 e. The third-order valence-corrected chi connectivity index (χ3v) is 5.30. The lowest BCUT2D eigenvalue weighted by Crippen LogP contribution is -2.47. The molecule has 2 fully saturated rings. The van der Waals surface area contributed by atoms with Crippen LogP contribution in [-0.2, 0) is 0 Å². The van der Waals surface area contributed by atoms with E-state index in [0.717, 1.165) is 25.0 Å². The van der Waals surface area contributed by atoms with E-state index in [4.69, 9.17) is 0 Å². The van der Waals surface area contributed by atoms with Gasteiger partial charge in [-0.2, -0.15) is 0 Å². The van der Waals surface area contributed by atoms with E-state index in [1.165, 1.54) is 23.1 Å². The lowest BCUT2D eigenvalue weighted by atomic mass is 9.76. The van der Waals surface area contributed by atoms with Gasteiger partial charge in [-0.05, 0) is 45.8 Å². The molecule has 1 aromatic rings. The topological polar surface area (TPSA) is 15.3 Å². The van der Waals surface area contributed by atoms with Crippen molar-refractivity contribution >= 4 is 21.6 Å². The van der Waals surface area contributed by atoms with Crippen molar-refractivity contribution in [1.29, 1.82) is 0 Å². The Hall–Kier alpha value is -0.540. The highest BCUT2D eigenvalue weighted by atomic mass is 79.9. The number of rotatable bonds is 1. The second kappa shape index (κ2) is 4.53. The zero-order valence-corrected chi connectivity index (χ0v) is 12.7. The molecule has 0 aromatic heterocycles. The Kier molecular flexibility index (Phi) is 3.15. The molecule has 3 heteroatoms. The fourth-order valence-corrected chi connectivity index (χ4v) is 3.98. The maximum atomic E-state index is 3.70. The molecule has 0 spiro atoms. The molecule has 2 atom stereocenters. The standard InChI is InChI=1S/C15H21BrN2/c1-15(2)10-17-13-7-8-18(9-11(13)15)14-6-4-3-5-12(14)16/h3-6,11,13,17H,7-10H2,1-2H3. The van der Waals surface area contributed by atoms with Gasteiger partial charge in [0.25, 0.3) is 0 Å². The van der Waals surface area contributed by atoms with Crippen molar-refractivity contribution < 1.29 is 0 Å². The molecule has 0 amide bonds. The quantitative estimate of drug-likeness (QED) is 0.856. The number of anilines is 1. The molecule has 1 aromatic carbocycles. The Balaban J connectivity index is 1.83. The molecule has 2 saturated heterocycles. The first-order chi connectivity index (χ1) is 8.58. The summed E-state index contributed by atoms with van der Waals surface area (Å²) in [6.45, 7) is 8.29. The summed E-state index contributed by atoms with van der Waals surface area (Å²) < 4.78 is 1.22. The van der Waals surface area contributed by atoms with Crippen LogP contribution in [0, 0.1) is 11.3 Å². The summed E-state index contributed by atoms with van der Waals surface area (Å²) in [4.78, 5) is 2.54. The number of benzene rings is 1. The van der Waals surface area contributed by atoms with E-state index >= 15 is 0 Å². The van der Waals surface area contributed by atoms with Crippen LogP contribution in [0.1, 0.15) is 20.3 Å². The largest absolute Gasteiger partial charge is 0.370 e. The molecule has 98 valence electrons. The third kappa shape index (κ3) is 2.08. The van der Waals surface area contributed by atoms with Crippen molar-refractivity contribution in [3.05, 3.63) is 28.7 Å². The fourth-order valence-electron chi connectivity index (χ4n) is 3.44. The van der Waals surface area contributed by atoms with Gasteiger partial charge in [-0.1, -0.05) is 26.0 Å². The molecule has 18 heavy (non-hydrogen) atoms. The van der Waals surface area contributed by atoms with Crippen LogP contribution in [0.25, 0.3) is 0 Å². The summed E-state index contributed by atoms with van der Waals surface area (Å²) >= 11 is 3.68. The predicted octanol–water partition coefficient (Wildman–Crippen LogP) is 3.27. The Morgan fingerprint density at radius 3 is 2.89 bits per heavy atom. The monoisotopic (exact) mass is 308 g/mol. The van der Waals surface area contributed by atoms with Crippen molar-refractivity contribution in [2.24, 2.45) is 11.3 Å². The third-order valence-electron chi connectivity index (χ3n) is 4.63. The van der Waals surface area contributed by atoms with Gasteiger partial charge >= 0.3 is 0 Å². The highest BCUT2D eigenvalue weighted by Gasteiger charge is 2.44. The molecular weight excluding hydrogens is 288 g/mol. The van der Waals surface area contributed by atoms with Gasteiger partial charge in [-0.25, -0.2) is 0 Å². The van der Waals surface area contributed by atoms with Gasteiger partial charge in [0.1, 0.15) is 0 Å². The molecule has 2 nitrogen and oxygen atoms in total. The SMILES string of the molecule is CC1(C)CNC2CCN(c3ccccc3Br)CC21. The number of hydrogen-bond donors (Lipinski definition) is 1. The molecule has 0 saturated carbocycles. The average Bonchev–Trinajstić information content (AvgIpc) is 2.66. The first-order valence-corrected chi connectivity index (χ1v) is 7.60. The molecule has 2 unspecified atom stereocenters. The first kappa shape index (κ1) is 12.5. The van der Waals surface area contributed by atoms with Gasteiger partial charge in [0, 0.05) is 30.1 Å². The van der Waals surface area contributed by atoms with E-state index in [-0.39, 0.29) is 0 Å². The summed E-state index contributed by atoms with van der Waals surface area (Å²) in [5.74, 6) is 0.762. The summed E-state index contributed by atoms with van der Waals surface area (Å²) in [5.41, 5.74) is 1.77. The summed E-state index contributed by atoms with van der Waals surface area (Å²) in [6, 6.07) is 9.30. The zero-order valence-electron chi connectivity index (χ0n) is 11.1. The van der Waals surface area contributed by atoms with E-state index in [1.807, 2.05) is 0 Å². The van der Waals surface area contributed by atoms with Crippen LogP contribution in [0.15, 0.2) is 28.7 Å². The van der Waals surface area contributed by atoms with E-state index < -0.39 is 0 Å². The summed E-state index contributed by atoms with van der Waals surface area (Å²) in [5, 5.41) is 3.70. The number of hydrogen-bond acceptors (Lipinski definition) is 2. The van der Waals surface area contributed by atoms with Crippen LogP contribution in [0.4, 0.5) is 5.69 Å². The lowest BCUT2D eigenvalue weighted by molar-refractivity contribution is 0.237. The van der Waals surface area contributed by atoms with Crippen molar-refractivity contribution in [2.75, 3.05) is 24.5 Å². The van der Waals surface area contributed by atoms with Crippen LogP contribution < -0.4 is 10.2 Å². The molecular formula is C15H21BrN2. The normalized spacial score (nSPS) is 30.3. The minimum atomic E-state index is 0.421. The molecule has 0 radical (unpaired) electrons. The molecule has 0 aliphatic carbocycles. The van der Waals surface area contributed by atoms with Crippen molar-refractivity contribution in [3.63, 3.8) is 0 Å². The highest BCUT2D eigenvalue weighted by molar-refractivity contribution is 9.10. The predicted molar refractivity (Wildman–Crippen MR) is 80.0 cm³/mol. The van der Waals surface area contributed by atoms with Gasteiger partial charge in [-0.15, -0.1) is 0 Å². The smallest absolute Gasteiger partial charge is 0.0510 e. The summed E-state index contributed by atoms with van der Waals surface area (Å²) in [6.07, 6.45) is 1.26. The lowest BCUT2D eigenvalue weighted by Gasteiger charge is -2.41.